The maximum atomic E-state index is 2.08. The van der Waals surface area contributed by atoms with E-state index in [0.29, 0.717) is 0 Å². The van der Waals surface area contributed by atoms with Gasteiger partial charge in [0.1, 0.15) is 0 Å². The summed E-state index contributed by atoms with van der Waals surface area (Å²) in [4.78, 5) is 0. The molecule has 0 atom stereocenters. The molecule has 0 bridgehead atoms. The van der Waals surface area contributed by atoms with Gasteiger partial charge < -0.3 is 0 Å². The third-order valence-corrected chi connectivity index (χ3v) is 2.27. The number of rotatable bonds is 2. The summed E-state index contributed by atoms with van der Waals surface area (Å²) in [5, 5.41) is 0. The summed E-state index contributed by atoms with van der Waals surface area (Å²) in [6, 6.07) is 20.5. The molecule has 2 rings (SSSR count). The SMILES string of the molecule is C[CH-]c1ccccc1.C[CH-]c1ccccc1.[Mg+2]. The molecule has 2 aromatic rings. The zero-order valence-electron chi connectivity index (χ0n) is 10.6. The van der Waals surface area contributed by atoms with E-state index in [-0.39, 0.29) is 23.1 Å². The van der Waals surface area contributed by atoms with Crippen LogP contribution in [0.15, 0.2) is 60.7 Å². The van der Waals surface area contributed by atoms with E-state index in [1.807, 2.05) is 50.2 Å². The second-order valence-corrected chi connectivity index (χ2v) is 3.40. The molecule has 0 unspecified atom stereocenters. The Morgan fingerprint density at radius 1 is 0.588 bits per heavy atom. The molecule has 0 aliphatic rings. The van der Waals surface area contributed by atoms with E-state index in [0.717, 1.165) is 0 Å². The van der Waals surface area contributed by atoms with E-state index < -0.39 is 0 Å². The summed E-state index contributed by atoms with van der Waals surface area (Å²) < 4.78 is 0. The molecule has 84 valence electrons. The molecule has 0 nitrogen and oxygen atoms in total. The quantitative estimate of drug-likeness (QED) is 0.541. The minimum Gasteiger partial charge on any atom is -0.192 e. The fourth-order valence-corrected chi connectivity index (χ4v) is 1.29. The van der Waals surface area contributed by atoms with Crippen LogP contribution in [-0.2, 0) is 0 Å². The standard InChI is InChI=1S/2C8H9.Mg/c2*1-2-8-6-4-3-5-7-8;/h2*2-7H,1H3;/q2*-1;+2. The van der Waals surface area contributed by atoms with Crippen LogP contribution in [0.3, 0.4) is 0 Å². The second kappa shape index (κ2) is 10.1. The maximum Gasteiger partial charge on any atom is 2.00 e. The summed E-state index contributed by atoms with van der Waals surface area (Å²) >= 11 is 0. The van der Waals surface area contributed by atoms with E-state index in [2.05, 4.69) is 37.1 Å². The van der Waals surface area contributed by atoms with Crippen LogP contribution in [0.25, 0.3) is 0 Å². The zero-order valence-corrected chi connectivity index (χ0v) is 12.0. The van der Waals surface area contributed by atoms with Crippen molar-refractivity contribution in [3.8, 4) is 0 Å². The van der Waals surface area contributed by atoms with Crippen LogP contribution in [0.4, 0.5) is 0 Å². The second-order valence-electron chi connectivity index (χ2n) is 3.40. The number of hydrogen-bond donors (Lipinski definition) is 0. The molecule has 17 heavy (non-hydrogen) atoms. The van der Waals surface area contributed by atoms with E-state index in [1.54, 1.807) is 0 Å². The van der Waals surface area contributed by atoms with Gasteiger partial charge in [-0.05, 0) is 0 Å². The normalized spacial score (nSPS) is 8.12. The van der Waals surface area contributed by atoms with Gasteiger partial charge in [0, 0.05) is 0 Å². The summed E-state index contributed by atoms with van der Waals surface area (Å²) in [7, 11) is 0. The van der Waals surface area contributed by atoms with Crippen LogP contribution < -0.4 is 0 Å². The van der Waals surface area contributed by atoms with Crippen LogP contribution in [0.5, 0.6) is 0 Å². The van der Waals surface area contributed by atoms with Crippen LogP contribution >= 0.6 is 0 Å². The monoisotopic (exact) mass is 234 g/mol. The van der Waals surface area contributed by atoms with Crippen LogP contribution in [-0.4, -0.2) is 23.1 Å². The first-order valence-electron chi connectivity index (χ1n) is 5.55. The molecule has 0 aliphatic heterocycles. The predicted molar refractivity (Wildman–Crippen MR) is 76.8 cm³/mol. The molecule has 0 radical (unpaired) electrons. The Morgan fingerprint density at radius 2 is 0.882 bits per heavy atom. The predicted octanol–water partition coefficient (Wildman–Crippen LogP) is 4.14. The molecule has 2 aromatic carbocycles. The Kier molecular flexibility index (Phi) is 9.50. The third kappa shape index (κ3) is 6.98. The van der Waals surface area contributed by atoms with Gasteiger partial charge in [0.15, 0.2) is 0 Å². The van der Waals surface area contributed by atoms with Gasteiger partial charge in [-0.15, -0.1) is 24.3 Å². The van der Waals surface area contributed by atoms with Gasteiger partial charge >= 0.3 is 23.1 Å². The molecule has 0 heterocycles. The first-order chi connectivity index (χ1) is 7.86. The van der Waals surface area contributed by atoms with Crippen molar-refractivity contribution in [2.75, 3.05) is 0 Å². The molecule has 0 saturated carbocycles. The van der Waals surface area contributed by atoms with E-state index >= 15 is 0 Å². The van der Waals surface area contributed by atoms with Gasteiger partial charge in [-0.25, -0.2) is 0 Å². The van der Waals surface area contributed by atoms with Crippen molar-refractivity contribution in [2.45, 2.75) is 13.8 Å². The molecule has 0 fully saturated rings. The fraction of sp³-hybridized carbons (Fsp3) is 0.125. The Hall–Kier alpha value is -1.05. The van der Waals surface area contributed by atoms with Gasteiger partial charge in [0.25, 0.3) is 0 Å². The van der Waals surface area contributed by atoms with E-state index in [4.69, 9.17) is 0 Å². The molecule has 0 spiro atoms. The van der Waals surface area contributed by atoms with Crippen molar-refractivity contribution in [1.82, 2.24) is 0 Å². The number of benzene rings is 2. The van der Waals surface area contributed by atoms with Gasteiger partial charge in [-0.3, -0.25) is 0 Å². The molecule has 1 heteroatoms. The molecule has 0 saturated heterocycles. The molecule has 0 aliphatic carbocycles. The third-order valence-electron chi connectivity index (χ3n) is 2.27. The maximum absolute atomic E-state index is 2.08. The van der Waals surface area contributed by atoms with Crippen LogP contribution in [0.1, 0.15) is 25.0 Å². The van der Waals surface area contributed by atoms with Gasteiger partial charge in [-0.1, -0.05) is 26.0 Å². The zero-order chi connectivity index (χ0) is 11.6. The summed E-state index contributed by atoms with van der Waals surface area (Å²) in [6.45, 7) is 4.07. The van der Waals surface area contributed by atoms with E-state index in [9.17, 15) is 0 Å². The Labute approximate surface area is 121 Å². The van der Waals surface area contributed by atoms with Crippen molar-refractivity contribution in [3.63, 3.8) is 0 Å². The van der Waals surface area contributed by atoms with E-state index in [1.165, 1.54) is 11.1 Å². The van der Waals surface area contributed by atoms with Gasteiger partial charge in [0.05, 0.1) is 0 Å². The first-order valence-corrected chi connectivity index (χ1v) is 5.55. The Balaban J connectivity index is 0.000000284. The molecular weight excluding hydrogens is 216 g/mol. The summed E-state index contributed by atoms with van der Waals surface area (Å²) in [6.07, 6.45) is 4.17. The molecular formula is C16H18Mg. The van der Waals surface area contributed by atoms with Crippen molar-refractivity contribution >= 4 is 23.1 Å². The first kappa shape index (κ1) is 15.9. The van der Waals surface area contributed by atoms with Crippen molar-refractivity contribution in [2.24, 2.45) is 0 Å². The smallest absolute Gasteiger partial charge is 0.192 e. The average molecular weight is 235 g/mol. The molecule has 0 N–H and O–H groups in total. The Morgan fingerprint density at radius 3 is 1.06 bits per heavy atom. The fourth-order valence-electron chi connectivity index (χ4n) is 1.29. The Bertz CT molecular complexity index is 328. The van der Waals surface area contributed by atoms with Crippen LogP contribution in [0.2, 0.25) is 0 Å². The number of hydrogen-bond acceptors (Lipinski definition) is 0. The molecule has 0 amide bonds. The van der Waals surface area contributed by atoms with Crippen molar-refractivity contribution in [3.05, 3.63) is 84.6 Å². The van der Waals surface area contributed by atoms with Crippen LogP contribution in [0, 0.1) is 12.8 Å². The topological polar surface area (TPSA) is 0 Å². The molecule has 0 aromatic heterocycles. The summed E-state index contributed by atoms with van der Waals surface area (Å²) in [5.41, 5.74) is 2.57. The van der Waals surface area contributed by atoms with Crippen molar-refractivity contribution < 1.29 is 0 Å². The van der Waals surface area contributed by atoms with Gasteiger partial charge in [0.2, 0.25) is 0 Å². The average Bonchev–Trinajstić information content (AvgIpc) is 2.41. The summed E-state index contributed by atoms with van der Waals surface area (Å²) in [5.74, 6) is 0. The minimum atomic E-state index is 0. The van der Waals surface area contributed by atoms with Gasteiger partial charge in [-0.2, -0.15) is 48.2 Å². The minimum absolute atomic E-state index is 0. The largest absolute Gasteiger partial charge is 2.00 e. The van der Waals surface area contributed by atoms with Crippen molar-refractivity contribution in [1.29, 1.82) is 0 Å².